The number of halogens is 1. The summed E-state index contributed by atoms with van der Waals surface area (Å²) < 4.78 is 42.0. The minimum Gasteiger partial charge on any atom is -0.348 e. The van der Waals surface area contributed by atoms with E-state index in [1.165, 1.54) is 0 Å². The lowest BCUT2D eigenvalue weighted by Crippen LogP contribution is -2.40. The van der Waals surface area contributed by atoms with E-state index in [4.69, 9.17) is 23.7 Å². The van der Waals surface area contributed by atoms with Crippen LogP contribution in [0.3, 0.4) is 0 Å². The van der Waals surface area contributed by atoms with Gasteiger partial charge in [0.05, 0.1) is 6.61 Å². The first-order chi connectivity index (χ1) is 8.27. The maximum absolute atomic E-state index is 14.3. The van der Waals surface area contributed by atoms with E-state index >= 15 is 0 Å². The maximum Gasteiger partial charge on any atom is 0.190 e. The van der Waals surface area contributed by atoms with Gasteiger partial charge in [-0.3, -0.25) is 0 Å². The van der Waals surface area contributed by atoms with E-state index in [1.807, 2.05) is 0 Å². The second kappa shape index (κ2) is 3.86. The standard InChI is InChI=1S/C12H19FO5/c1-11(2)14-5-6(16-11)8-7(13)9-10(15-8)18-12(3,4)17-9/h6-10H,5H2,1-4H3/t6-,7?,8?,9?,10?/m1/s1. The molecule has 3 heterocycles. The molecular weight excluding hydrogens is 243 g/mol. The van der Waals surface area contributed by atoms with E-state index in [0.717, 1.165) is 0 Å². The summed E-state index contributed by atoms with van der Waals surface area (Å²) in [6.45, 7) is 7.41. The summed E-state index contributed by atoms with van der Waals surface area (Å²) in [7, 11) is 0. The van der Waals surface area contributed by atoms with Crippen molar-refractivity contribution < 1.29 is 28.1 Å². The van der Waals surface area contributed by atoms with E-state index in [-0.39, 0.29) is 0 Å². The molecule has 3 fully saturated rings. The number of rotatable bonds is 1. The molecule has 0 saturated carbocycles. The average molecular weight is 262 g/mol. The van der Waals surface area contributed by atoms with Crippen molar-refractivity contribution in [2.24, 2.45) is 0 Å². The third-order valence-electron chi connectivity index (χ3n) is 3.40. The molecule has 0 amide bonds. The Morgan fingerprint density at radius 3 is 2.22 bits per heavy atom. The zero-order valence-corrected chi connectivity index (χ0v) is 11.0. The van der Waals surface area contributed by atoms with Crippen molar-refractivity contribution >= 4 is 0 Å². The molecule has 0 aromatic rings. The highest BCUT2D eigenvalue weighted by molar-refractivity contribution is 4.97. The van der Waals surface area contributed by atoms with Crippen molar-refractivity contribution in [2.75, 3.05) is 6.61 Å². The predicted molar refractivity (Wildman–Crippen MR) is 58.5 cm³/mol. The summed E-state index contributed by atoms with van der Waals surface area (Å²) in [6.07, 6.45) is -3.72. The first-order valence-electron chi connectivity index (χ1n) is 6.24. The van der Waals surface area contributed by atoms with Crippen LogP contribution in [0.2, 0.25) is 0 Å². The molecule has 3 aliphatic heterocycles. The Kier molecular flexibility index (Phi) is 2.74. The molecule has 0 bridgehead atoms. The summed E-state index contributed by atoms with van der Waals surface area (Å²) in [6, 6.07) is 0. The van der Waals surface area contributed by atoms with Gasteiger partial charge in [-0.05, 0) is 27.7 Å². The third kappa shape index (κ3) is 2.06. The molecule has 0 aliphatic carbocycles. The highest BCUT2D eigenvalue weighted by Crippen LogP contribution is 2.41. The Morgan fingerprint density at radius 2 is 1.67 bits per heavy atom. The van der Waals surface area contributed by atoms with E-state index in [1.54, 1.807) is 27.7 Å². The molecule has 5 nitrogen and oxygen atoms in total. The first kappa shape index (κ1) is 12.7. The van der Waals surface area contributed by atoms with Gasteiger partial charge in [-0.25, -0.2) is 4.39 Å². The van der Waals surface area contributed by atoms with Crippen molar-refractivity contribution in [3.05, 3.63) is 0 Å². The van der Waals surface area contributed by atoms with Gasteiger partial charge >= 0.3 is 0 Å². The molecule has 18 heavy (non-hydrogen) atoms. The second-order valence-electron chi connectivity index (χ2n) is 5.88. The molecule has 6 heteroatoms. The van der Waals surface area contributed by atoms with Crippen molar-refractivity contribution in [3.63, 3.8) is 0 Å². The fourth-order valence-corrected chi connectivity index (χ4v) is 2.67. The van der Waals surface area contributed by atoms with Crippen molar-refractivity contribution in [2.45, 2.75) is 70.0 Å². The van der Waals surface area contributed by atoms with Crippen LogP contribution in [-0.4, -0.2) is 49.0 Å². The highest BCUT2D eigenvalue weighted by Gasteiger charge is 2.58. The smallest absolute Gasteiger partial charge is 0.190 e. The van der Waals surface area contributed by atoms with Gasteiger partial charge < -0.3 is 23.7 Å². The van der Waals surface area contributed by atoms with Gasteiger partial charge in [-0.15, -0.1) is 0 Å². The van der Waals surface area contributed by atoms with Crippen molar-refractivity contribution in [3.8, 4) is 0 Å². The number of fused-ring (bicyclic) bond motifs is 1. The Bertz CT molecular complexity index is 345. The van der Waals surface area contributed by atoms with Gasteiger partial charge in [-0.2, -0.15) is 0 Å². The van der Waals surface area contributed by atoms with Crippen LogP contribution in [0.15, 0.2) is 0 Å². The summed E-state index contributed by atoms with van der Waals surface area (Å²) in [4.78, 5) is 0. The first-order valence-corrected chi connectivity index (χ1v) is 6.24. The van der Waals surface area contributed by atoms with Crippen LogP contribution >= 0.6 is 0 Å². The van der Waals surface area contributed by atoms with Gasteiger partial charge in [0, 0.05) is 0 Å². The van der Waals surface area contributed by atoms with Crippen LogP contribution in [-0.2, 0) is 23.7 Å². The van der Waals surface area contributed by atoms with E-state index in [0.29, 0.717) is 6.61 Å². The topological polar surface area (TPSA) is 46.2 Å². The molecule has 0 aromatic carbocycles. The number of hydrogen-bond donors (Lipinski definition) is 0. The Morgan fingerprint density at radius 1 is 0.944 bits per heavy atom. The van der Waals surface area contributed by atoms with Gasteiger partial charge in [0.1, 0.15) is 18.3 Å². The molecule has 0 radical (unpaired) electrons. The lowest BCUT2D eigenvalue weighted by molar-refractivity contribution is -0.227. The van der Waals surface area contributed by atoms with Crippen molar-refractivity contribution in [1.82, 2.24) is 0 Å². The Balaban J connectivity index is 1.68. The SMILES string of the molecule is CC1(C)OC2OC([C@H]3COC(C)(C)O3)C(F)C2O1. The summed E-state index contributed by atoms with van der Waals surface area (Å²) >= 11 is 0. The van der Waals surface area contributed by atoms with Crippen LogP contribution in [0.4, 0.5) is 4.39 Å². The normalized spacial score (nSPS) is 49.5. The third-order valence-corrected chi connectivity index (χ3v) is 3.40. The molecule has 0 spiro atoms. The lowest BCUT2D eigenvalue weighted by atomic mass is 10.1. The zero-order chi connectivity index (χ0) is 13.1. The van der Waals surface area contributed by atoms with Gasteiger partial charge in [0.25, 0.3) is 0 Å². The molecule has 5 atom stereocenters. The molecular formula is C12H19FO5. The Labute approximate surface area is 105 Å². The van der Waals surface area contributed by atoms with Crippen LogP contribution in [0.1, 0.15) is 27.7 Å². The molecule has 4 unspecified atom stereocenters. The van der Waals surface area contributed by atoms with Crippen LogP contribution in [0.5, 0.6) is 0 Å². The van der Waals surface area contributed by atoms with Crippen molar-refractivity contribution in [1.29, 1.82) is 0 Å². The summed E-state index contributed by atoms with van der Waals surface area (Å²) in [5.41, 5.74) is 0. The summed E-state index contributed by atoms with van der Waals surface area (Å²) in [5.74, 6) is -1.48. The van der Waals surface area contributed by atoms with E-state index in [2.05, 4.69) is 0 Å². The number of alkyl halides is 1. The summed E-state index contributed by atoms with van der Waals surface area (Å²) in [5, 5.41) is 0. The van der Waals surface area contributed by atoms with Gasteiger partial charge in [0.2, 0.25) is 0 Å². The molecule has 3 aliphatic rings. The molecule has 3 saturated heterocycles. The Hall–Kier alpha value is -0.270. The van der Waals surface area contributed by atoms with Gasteiger partial charge in [0.15, 0.2) is 24.0 Å². The van der Waals surface area contributed by atoms with E-state index < -0.39 is 42.3 Å². The monoisotopic (exact) mass is 262 g/mol. The fraction of sp³-hybridized carbons (Fsp3) is 1.00. The average Bonchev–Trinajstić information content (AvgIpc) is 2.81. The highest BCUT2D eigenvalue weighted by atomic mass is 19.1. The zero-order valence-electron chi connectivity index (χ0n) is 11.0. The fourth-order valence-electron chi connectivity index (χ4n) is 2.67. The number of hydrogen-bond acceptors (Lipinski definition) is 5. The van der Waals surface area contributed by atoms with E-state index in [9.17, 15) is 4.39 Å². The van der Waals surface area contributed by atoms with Gasteiger partial charge in [-0.1, -0.05) is 0 Å². The van der Waals surface area contributed by atoms with Crippen LogP contribution in [0, 0.1) is 0 Å². The molecule has 3 rings (SSSR count). The molecule has 0 aromatic heterocycles. The lowest BCUT2D eigenvalue weighted by Gasteiger charge is -2.25. The largest absolute Gasteiger partial charge is 0.348 e. The molecule has 104 valence electrons. The minimum absolute atomic E-state index is 0.320. The minimum atomic E-state index is -1.26. The predicted octanol–water partition coefficient (Wildman–Crippen LogP) is 1.35. The van der Waals surface area contributed by atoms with Crippen LogP contribution in [0.25, 0.3) is 0 Å². The second-order valence-corrected chi connectivity index (χ2v) is 5.88. The quantitative estimate of drug-likeness (QED) is 0.714. The maximum atomic E-state index is 14.3. The number of ether oxygens (including phenoxy) is 5. The molecule has 0 N–H and O–H groups in total. The van der Waals surface area contributed by atoms with Crippen LogP contribution < -0.4 is 0 Å².